The minimum Gasteiger partial charge on any atom is -0.383 e. The molecule has 0 bridgehead atoms. The van der Waals surface area contributed by atoms with Crippen LogP contribution >= 0.6 is 0 Å². The highest BCUT2D eigenvalue weighted by Crippen LogP contribution is 1.99. The molecule has 0 rings (SSSR count). The highest BCUT2D eigenvalue weighted by molar-refractivity contribution is 7.88. The summed E-state index contributed by atoms with van der Waals surface area (Å²) in [6.07, 6.45) is 1.24. The standard InChI is InChI=1S/C10H22N2O5S/c1-16-8-5-11-10(13)4-6-12(7-9-17-2)18(3,14)15/h4-9H2,1-3H3,(H,11,13). The summed E-state index contributed by atoms with van der Waals surface area (Å²) >= 11 is 0. The summed E-state index contributed by atoms with van der Waals surface area (Å²) in [5.74, 6) is -0.196. The lowest BCUT2D eigenvalue weighted by atomic mass is 10.4. The maximum atomic E-state index is 11.4. The second-order valence-corrected chi connectivity index (χ2v) is 5.73. The van der Waals surface area contributed by atoms with Gasteiger partial charge >= 0.3 is 0 Å². The first-order valence-corrected chi connectivity index (χ1v) is 7.46. The SMILES string of the molecule is COCCNC(=O)CCN(CCOC)S(C)(=O)=O. The van der Waals surface area contributed by atoms with Crippen LogP contribution in [0.1, 0.15) is 6.42 Å². The number of sulfonamides is 1. The van der Waals surface area contributed by atoms with Gasteiger partial charge in [0.25, 0.3) is 0 Å². The summed E-state index contributed by atoms with van der Waals surface area (Å²) in [5.41, 5.74) is 0. The maximum Gasteiger partial charge on any atom is 0.221 e. The Labute approximate surface area is 108 Å². The number of hydrogen-bond donors (Lipinski definition) is 1. The van der Waals surface area contributed by atoms with Gasteiger partial charge in [-0.1, -0.05) is 0 Å². The number of rotatable bonds is 10. The summed E-state index contributed by atoms with van der Waals surface area (Å²) in [4.78, 5) is 11.4. The lowest BCUT2D eigenvalue weighted by Crippen LogP contribution is -2.37. The first kappa shape index (κ1) is 17.3. The van der Waals surface area contributed by atoms with E-state index in [9.17, 15) is 13.2 Å². The monoisotopic (exact) mass is 282 g/mol. The smallest absolute Gasteiger partial charge is 0.221 e. The Morgan fingerprint density at radius 1 is 1.17 bits per heavy atom. The first-order chi connectivity index (χ1) is 8.41. The van der Waals surface area contributed by atoms with Gasteiger partial charge in [0.05, 0.1) is 19.5 Å². The van der Waals surface area contributed by atoms with Crippen molar-refractivity contribution in [3.8, 4) is 0 Å². The van der Waals surface area contributed by atoms with Crippen LogP contribution in [0.3, 0.4) is 0 Å². The molecule has 7 nitrogen and oxygen atoms in total. The number of carbonyl (C=O) groups excluding carboxylic acids is 1. The summed E-state index contributed by atoms with van der Waals surface area (Å²) in [5, 5.41) is 2.63. The van der Waals surface area contributed by atoms with Crippen LogP contribution in [0, 0.1) is 0 Å². The van der Waals surface area contributed by atoms with Crippen LogP contribution in [0.15, 0.2) is 0 Å². The Morgan fingerprint density at radius 2 is 1.78 bits per heavy atom. The van der Waals surface area contributed by atoms with E-state index in [1.165, 1.54) is 11.4 Å². The van der Waals surface area contributed by atoms with Gasteiger partial charge < -0.3 is 14.8 Å². The largest absolute Gasteiger partial charge is 0.383 e. The molecule has 0 aliphatic rings. The molecule has 0 saturated carbocycles. The van der Waals surface area contributed by atoms with Crippen LogP contribution in [-0.2, 0) is 24.3 Å². The lowest BCUT2D eigenvalue weighted by Gasteiger charge is -2.19. The molecular weight excluding hydrogens is 260 g/mol. The Kier molecular flexibility index (Phi) is 8.90. The van der Waals surface area contributed by atoms with Crippen LogP contribution < -0.4 is 5.32 Å². The van der Waals surface area contributed by atoms with Gasteiger partial charge in [0.15, 0.2) is 0 Å². The zero-order valence-corrected chi connectivity index (χ0v) is 12.0. The number of nitrogens with one attached hydrogen (secondary N) is 1. The molecule has 108 valence electrons. The van der Waals surface area contributed by atoms with Gasteiger partial charge in [-0.25, -0.2) is 8.42 Å². The molecule has 1 N–H and O–H groups in total. The van der Waals surface area contributed by atoms with E-state index in [1.807, 2.05) is 0 Å². The minimum atomic E-state index is -3.31. The van der Waals surface area contributed by atoms with E-state index >= 15 is 0 Å². The van der Waals surface area contributed by atoms with E-state index in [1.54, 1.807) is 7.11 Å². The number of hydrogen-bond acceptors (Lipinski definition) is 5. The van der Waals surface area contributed by atoms with E-state index in [0.717, 1.165) is 6.26 Å². The molecule has 0 unspecified atom stereocenters. The van der Waals surface area contributed by atoms with Crippen molar-refractivity contribution in [1.29, 1.82) is 0 Å². The van der Waals surface area contributed by atoms with Crippen molar-refractivity contribution in [1.82, 2.24) is 9.62 Å². The summed E-state index contributed by atoms with van der Waals surface area (Å²) in [6.45, 7) is 1.57. The molecule has 1 amide bonds. The maximum absolute atomic E-state index is 11.4. The van der Waals surface area contributed by atoms with Crippen molar-refractivity contribution in [2.75, 3.05) is 53.3 Å². The van der Waals surface area contributed by atoms with Gasteiger partial charge in [-0.05, 0) is 0 Å². The molecule has 8 heteroatoms. The fourth-order valence-corrected chi connectivity index (χ4v) is 2.07. The zero-order valence-electron chi connectivity index (χ0n) is 11.1. The van der Waals surface area contributed by atoms with E-state index in [-0.39, 0.29) is 25.4 Å². The molecule has 18 heavy (non-hydrogen) atoms. The van der Waals surface area contributed by atoms with E-state index in [0.29, 0.717) is 19.8 Å². The molecule has 0 aromatic rings. The zero-order chi connectivity index (χ0) is 14.0. The molecular formula is C10H22N2O5S. The minimum absolute atomic E-state index is 0.125. The van der Waals surface area contributed by atoms with E-state index in [2.05, 4.69) is 5.32 Å². The molecule has 0 aliphatic heterocycles. The van der Waals surface area contributed by atoms with Gasteiger partial charge in [-0.15, -0.1) is 0 Å². The third kappa shape index (κ3) is 8.40. The molecule has 0 spiro atoms. The van der Waals surface area contributed by atoms with Crippen molar-refractivity contribution in [3.05, 3.63) is 0 Å². The Morgan fingerprint density at radius 3 is 2.28 bits per heavy atom. The third-order valence-electron chi connectivity index (χ3n) is 2.23. The predicted molar refractivity (Wildman–Crippen MR) is 67.8 cm³/mol. The predicted octanol–water partition coefficient (Wildman–Crippen LogP) is -0.953. The van der Waals surface area contributed by atoms with Gasteiger partial charge in [0.1, 0.15) is 0 Å². The Hall–Kier alpha value is -0.700. The van der Waals surface area contributed by atoms with Crippen LogP contribution in [0.25, 0.3) is 0 Å². The van der Waals surface area contributed by atoms with Gasteiger partial charge in [0.2, 0.25) is 15.9 Å². The average Bonchev–Trinajstić information content (AvgIpc) is 2.27. The van der Waals surface area contributed by atoms with Crippen molar-refractivity contribution < 1.29 is 22.7 Å². The van der Waals surface area contributed by atoms with Crippen LogP contribution in [0.5, 0.6) is 0 Å². The lowest BCUT2D eigenvalue weighted by molar-refractivity contribution is -0.121. The van der Waals surface area contributed by atoms with Crippen LogP contribution in [-0.4, -0.2) is 72.0 Å². The van der Waals surface area contributed by atoms with Crippen molar-refractivity contribution in [2.24, 2.45) is 0 Å². The average molecular weight is 282 g/mol. The Bertz CT molecular complexity index is 331. The molecule has 0 radical (unpaired) electrons. The van der Waals surface area contributed by atoms with E-state index in [4.69, 9.17) is 9.47 Å². The third-order valence-corrected chi connectivity index (χ3v) is 3.53. The number of methoxy groups -OCH3 is 2. The molecule has 0 fully saturated rings. The Balaban J connectivity index is 4.06. The highest BCUT2D eigenvalue weighted by atomic mass is 32.2. The van der Waals surface area contributed by atoms with Gasteiger partial charge in [0, 0.05) is 40.3 Å². The highest BCUT2D eigenvalue weighted by Gasteiger charge is 2.17. The molecule has 0 aromatic carbocycles. The number of amides is 1. The van der Waals surface area contributed by atoms with E-state index < -0.39 is 10.0 Å². The second kappa shape index (κ2) is 9.26. The molecule has 0 heterocycles. The second-order valence-electron chi connectivity index (χ2n) is 3.75. The van der Waals surface area contributed by atoms with Crippen LogP contribution in [0.2, 0.25) is 0 Å². The summed E-state index contributed by atoms with van der Waals surface area (Å²) < 4.78 is 33.7. The molecule has 0 saturated heterocycles. The fourth-order valence-electron chi connectivity index (χ4n) is 1.24. The molecule has 0 atom stereocenters. The summed E-state index contributed by atoms with van der Waals surface area (Å²) in [7, 11) is -0.267. The number of nitrogens with zero attached hydrogens (tertiary/aromatic N) is 1. The normalized spacial score (nSPS) is 11.8. The van der Waals surface area contributed by atoms with Gasteiger partial charge in [-0.3, -0.25) is 4.79 Å². The van der Waals surface area contributed by atoms with Gasteiger partial charge in [-0.2, -0.15) is 4.31 Å². The summed E-state index contributed by atoms with van der Waals surface area (Å²) in [6, 6.07) is 0. The molecule has 0 aromatic heterocycles. The van der Waals surface area contributed by atoms with Crippen molar-refractivity contribution in [2.45, 2.75) is 6.42 Å². The number of ether oxygens (including phenoxy) is 2. The first-order valence-electron chi connectivity index (χ1n) is 5.61. The number of carbonyl (C=O) groups is 1. The van der Waals surface area contributed by atoms with Crippen molar-refractivity contribution in [3.63, 3.8) is 0 Å². The fraction of sp³-hybridized carbons (Fsp3) is 0.900. The molecule has 0 aliphatic carbocycles. The quantitative estimate of drug-likeness (QED) is 0.522. The van der Waals surface area contributed by atoms with Crippen LogP contribution in [0.4, 0.5) is 0 Å². The van der Waals surface area contributed by atoms with Crippen molar-refractivity contribution >= 4 is 15.9 Å². The topological polar surface area (TPSA) is 84.9 Å².